The lowest BCUT2D eigenvalue weighted by Crippen LogP contribution is -2.32. The Balaban J connectivity index is 1.99. The van der Waals surface area contributed by atoms with Crippen LogP contribution >= 0.6 is 0 Å². The molecule has 2 heterocycles. The maximum absolute atomic E-state index is 4.83. The highest BCUT2D eigenvalue weighted by Crippen LogP contribution is 2.25. The molecule has 4 heteroatoms. The first-order valence-electron chi connectivity index (χ1n) is 8.49. The topological polar surface area (TPSA) is 41.1 Å². The van der Waals surface area contributed by atoms with Gasteiger partial charge >= 0.3 is 0 Å². The predicted molar refractivity (Wildman–Crippen MR) is 96.9 cm³/mol. The molecule has 0 radical (unpaired) electrons. The van der Waals surface area contributed by atoms with E-state index in [9.17, 15) is 0 Å². The monoisotopic (exact) mass is 310 g/mol. The number of benzene rings is 1. The fraction of sp³-hybridized carbons (Fsp3) is 0.474. The molecule has 2 aromatic rings. The molecule has 0 saturated carbocycles. The molecule has 1 aliphatic rings. The van der Waals surface area contributed by atoms with E-state index in [-0.39, 0.29) is 5.54 Å². The molecule has 0 unspecified atom stereocenters. The molecule has 0 bridgehead atoms. The molecule has 0 aliphatic carbocycles. The maximum atomic E-state index is 4.83. The van der Waals surface area contributed by atoms with E-state index < -0.39 is 0 Å². The number of piperidine rings is 1. The van der Waals surface area contributed by atoms with Crippen LogP contribution in [0.15, 0.2) is 36.4 Å². The normalized spacial score (nSPS) is 15.5. The van der Waals surface area contributed by atoms with Crippen molar-refractivity contribution < 1.29 is 0 Å². The lowest BCUT2D eigenvalue weighted by molar-refractivity contribution is 0.567. The smallest absolute Gasteiger partial charge is 0.227 e. The lowest BCUT2D eigenvalue weighted by atomic mass is 10.1. The summed E-state index contributed by atoms with van der Waals surface area (Å²) in [6, 6.07) is 12.4. The Morgan fingerprint density at radius 2 is 1.65 bits per heavy atom. The van der Waals surface area contributed by atoms with Crippen LogP contribution < -0.4 is 10.2 Å². The van der Waals surface area contributed by atoms with Gasteiger partial charge < -0.3 is 10.2 Å². The zero-order valence-electron chi connectivity index (χ0n) is 14.3. The van der Waals surface area contributed by atoms with Crippen molar-refractivity contribution in [2.45, 2.75) is 45.6 Å². The van der Waals surface area contributed by atoms with Crippen molar-refractivity contribution in [1.29, 1.82) is 0 Å². The largest absolute Gasteiger partial charge is 0.365 e. The van der Waals surface area contributed by atoms with Crippen LogP contribution in [-0.4, -0.2) is 28.6 Å². The van der Waals surface area contributed by atoms with Crippen molar-refractivity contribution in [2.75, 3.05) is 23.3 Å². The van der Waals surface area contributed by atoms with Crippen LogP contribution in [0.4, 0.5) is 11.8 Å². The standard InChI is InChI=1S/C19H26N4/c1-19(2,3)22-17-14-16(15-10-6-4-7-11-15)20-18(21-17)23-12-8-5-9-13-23/h4,6-7,10-11,14H,5,8-9,12-13H2,1-3H3,(H,20,21,22). The van der Waals surface area contributed by atoms with Crippen LogP contribution in [0.3, 0.4) is 0 Å². The zero-order chi connectivity index (χ0) is 16.3. The quantitative estimate of drug-likeness (QED) is 0.915. The van der Waals surface area contributed by atoms with Gasteiger partial charge in [-0.25, -0.2) is 4.98 Å². The number of rotatable bonds is 3. The van der Waals surface area contributed by atoms with Crippen LogP contribution in [0.25, 0.3) is 11.3 Å². The van der Waals surface area contributed by atoms with Gasteiger partial charge in [0.1, 0.15) is 5.82 Å². The first kappa shape index (κ1) is 15.8. The van der Waals surface area contributed by atoms with Gasteiger partial charge in [0.2, 0.25) is 5.95 Å². The van der Waals surface area contributed by atoms with Gasteiger partial charge in [-0.1, -0.05) is 30.3 Å². The van der Waals surface area contributed by atoms with E-state index in [0.29, 0.717) is 0 Å². The number of hydrogen-bond donors (Lipinski definition) is 1. The van der Waals surface area contributed by atoms with Gasteiger partial charge in [0.15, 0.2) is 0 Å². The molecule has 23 heavy (non-hydrogen) atoms. The first-order chi connectivity index (χ1) is 11.0. The lowest BCUT2D eigenvalue weighted by Gasteiger charge is -2.28. The minimum absolute atomic E-state index is 0.0263. The van der Waals surface area contributed by atoms with E-state index in [1.807, 2.05) is 12.1 Å². The van der Waals surface area contributed by atoms with Crippen LogP contribution in [0.1, 0.15) is 40.0 Å². The molecular formula is C19H26N4. The predicted octanol–water partition coefficient (Wildman–Crippen LogP) is 4.34. The summed E-state index contributed by atoms with van der Waals surface area (Å²) in [5.74, 6) is 1.74. The number of nitrogens with zero attached hydrogens (tertiary/aromatic N) is 3. The number of hydrogen-bond acceptors (Lipinski definition) is 4. The Labute approximate surface area is 139 Å². The molecule has 1 aliphatic heterocycles. The molecule has 1 aromatic heterocycles. The summed E-state index contributed by atoms with van der Waals surface area (Å²) in [7, 11) is 0. The average molecular weight is 310 g/mol. The molecule has 3 rings (SSSR count). The second-order valence-corrected chi connectivity index (χ2v) is 7.23. The number of anilines is 2. The fourth-order valence-corrected chi connectivity index (χ4v) is 2.87. The highest BCUT2D eigenvalue weighted by atomic mass is 15.3. The van der Waals surface area contributed by atoms with E-state index >= 15 is 0 Å². The molecule has 1 N–H and O–H groups in total. The molecule has 122 valence electrons. The average Bonchev–Trinajstić information content (AvgIpc) is 2.55. The van der Waals surface area contributed by atoms with Gasteiger partial charge in [-0.15, -0.1) is 0 Å². The third kappa shape index (κ3) is 4.21. The summed E-state index contributed by atoms with van der Waals surface area (Å²) in [6.45, 7) is 8.55. The molecule has 4 nitrogen and oxygen atoms in total. The Hall–Kier alpha value is -2.10. The summed E-state index contributed by atoms with van der Waals surface area (Å²) in [5.41, 5.74) is 2.08. The Morgan fingerprint density at radius 1 is 0.957 bits per heavy atom. The van der Waals surface area contributed by atoms with Gasteiger partial charge in [-0.05, 0) is 40.0 Å². The minimum atomic E-state index is -0.0263. The molecule has 0 atom stereocenters. The van der Waals surface area contributed by atoms with E-state index in [2.05, 4.69) is 55.3 Å². The fourth-order valence-electron chi connectivity index (χ4n) is 2.87. The van der Waals surface area contributed by atoms with E-state index in [0.717, 1.165) is 36.1 Å². The van der Waals surface area contributed by atoms with Crippen molar-refractivity contribution in [1.82, 2.24) is 9.97 Å². The summed E-state index contributed by atoms with van der Waals surface area (Å²) in [5, 5.41) is 3.49. The Bertz CT molecular complexity index is 640. The van der Waals surface area contributed by atoms with E-state index in [1.165, 1.54) is 19.3 Å². The van der Waals surface area contributed by atoms with E-state index in [4.69, 9.17) is 9.97 Å². The second kappa shape index (κ2) is 6.57. The number of nitrogens with one attached hydrogen (secondary N) is 1. The molecule has 1 fully saturated rings. The molecule has 1 aromatic carbocycles. The highest BCUT2D eigenvalue weighted by Gasteiger charge is 2.18. The first-order valence-corrected chi connectivity index (χ1v) is 8.49. The highest BCUT2D eigenvalue weighted by molar-refractivity contribution is 5.64. The third-order valence-electron chi connectivity index (χ3n) is 3.93. The van der Waals surface area contributed by atoms with Crippen LogP contribution in [0, 0.1) is 0 Å². The number of aromatic nitrogens is 2. The van der Waals surface area contributed by atoms with Crippen molar-refractivity contribution in [2.24, 2.45) is 0 Å². The Morgan fingerprint density at radius 3 is 2.30 bits per heavy atom. The van der Waals surface area contributed by atoms with Gasteiger partial charge in [0.05, 0.1) is 5.69 Å². The van der Waals surface area contributed by atoms with Gasteiger partial charge in [-0.3, -0.25) is 0 Å². The van der Waals surface area contributed by atoms with Crippen molar-refractivity contribution in [3.63, 3.8) is 0 Å². The Kier molecular flexibility index (Phi) is 4.51. The van der Waals surface area contributed by atoms with Crippen LogP contribution in [0.5, 0.6) is 0 Å². The van der Waals surface area contributed by atoms with Crippen molar-refractivity contribution in [3.8, 4) is 11.3 Å². The molecule has 0 spiro atoms. The SMILES string of the molecule is CC(C)(C)Nc1cc(-c2ccccc2)nc(N2CCCCC2)n1. The third-order valence-corrected chi connectivity index (χ3v) is 3.93. The van der Waals surface area contributed by atoms with Crippen LogP contribution in [-0.2, 0) is 0 Å². The summed E-state index contributed by atoms with van der Waals surface area (Å²) in [4.78, 5) is 11.9. The molecular weight excluding hydrogens is 284 g/mol. The molecule has 1 saturated heterocycles. The van der Waals surface area contributed by atoms with Gasteiger partial charge in [0.25, 0.3) is 0 Å². The minimum Gasteiger partial charge on any atom is -0.365 e. The molecule has 0 amide bonds. The summed E-state index contributed by atoms with van der Waals surface area (Å²) in [6.07, 6.45) is 3.75. The maximum Gasteiger partial charge on any atom is 0.227 e. The van der Waals surface area contributed by atoms with Crippen molar-refractivity contribution in [3.05, 3.63) is 36.4 Å². The van der Waals surface area contributed by atoms with Gasteiger partial charge in [0, 0.05) is 30.3 Å². The second-order valence-electron chi connectivity index (χ2n) is 7.23. The summed E-state index contributed by atoms with van der Waals surface area (Å²) < 4.78 is 0. The van der Waals surface area contributed by atoms with Crippen molar-refractivity contribution >= 4 is 11.8 Å². The van der Waals surface area contributed by atoms with E-state index in [1.54, 1.807) is 0 Å². The summed E-state index contributed by atoms with van der Waals surface area (Å²) >= 11 is 0. The van der Waals surface area contributed by atoms with Crippen LogP contribution in [0.2, 0.25) is 0 Å². The zero-order valence-corrected chi connectivity index (χ0v) is 14.3. The van der Waals surface area contributed by atoms with Gasteiger partial charge in [-0.2, -0.15) is 4.98 Å².